The lowest BCUT2D eigenvalue weighted by Gasteiger charge is -2.22. The Morgan fingerprint density at radius 2 is 1.96 bits per heavy atom. The van der Waals surface area contributed by atoms with Crippen LogP contribution in [0.4, 0.5) is 0 Å². The van der Waals surface area contributed by atoms with E-state index in [0.717, 1.165) is 5.56 Å². The second-order valence-corrected chi connectivity index (χ2v) is 6.52. The summed E-state index contributed by atoms with van der Waals surface area (Å²) in [6.07, 6.45) is 0.285. The molecular formula is C16H17N3O4. The zero-order chi connectivity index (χ0) is 16.8. The van der Waals surface area contributed by atoms with Crippen LogP contribution < -0.4 is 21.3 Å². The maximum absolute atomic E-state index is 12.2. The Morgan fingerprint density at radius 3 is 2.65 bits per heavy atom. The van der Waals surface area contributed by atoms with Gasteiger partial charge in [-0.05, 0) is 39.0 Å². The fourth-order valence-corrected chi connectivity index (χ4v) is 2.41. The monoisotopic (exact) mass is 315 g/mol. The number of nitrogens with one attached hydrogen (secondary N) is 3. The van der Waals surface area contributed by atoms with Crippen molar-refractivity contribution in [3.8, 4) is 11.6 Å². The van der Waals surface area contributed by atoms with E-state index in [1.54, 1.807) is 18.2 Å². The molecule has 7 nitrogen and oxygen atoms in total. The van der Waals surface area contributed by atoms with E-state index in [0.29, 0.717) is 16.9 Å². The van der Waals surface area contributed by atoms with Gasteiger partial charge in [0.15, 0.2) is 0 Å². The summed E-state index contributed by atoms with van der Waals surface area (Å²) in [5, 5.41) is 2.89. The first kappa shape index (κ1) is 15.1. The van der Waals surface area contributed by atoms with Gasteiger partial charge in [-0.15, -0.1) is 0 Å². The van der Waals surface area contributed by atoms with Gasteiger partial charge in [0, 0.05) is 23.1 Å². The van der Waals surface area contributed by atoms with Crippen LogP contribution in [-0.2, 0) is 6.42 Å². The lowest BCUT2D eigenvalue weighted by molar-refractivity contribution is 0.0919. The predicted molar refractivity (Wildman–Crippen MR) is 84.2 cm³/mol. The molecule has 0 radical (unpaired) electrons. The number of aromatic nitrogens is 2. The smallest absolute Gasteiger partial charge is 0.328 e. The lowest BCUT2D eigenvalue weighted by Crippen LogP contribution is -2.40. The highest BCUT2D eigenvalue weighted by Gasteiger charge is 2.23. The summed E-state index contributed by atoms with van der Waals surface area (Å²) in [5.74, 6) is 0.477. The van der Waals surface area contributed by atoms with Crippen molar-refractivity contribution in [3.05, 3.63) is 55.7 Å². The second-order valence-electron chi connectivity index (χ2n) is 6.52. The summed E-state index contributed by atoms with van der Waals surface area (Å²) in [5.41, 5.74) is 0.109. The molecule has 3 N–H and O–H groups in total. The zero-order valence-electron chi connectivity index (χ0n) is 13.1. The highest BCUT2D eigenvalue weighted by atomic mass is 16.5. The SMILES string of the molecule is CC(C)(C)NC(=O)c1ccc2c(c1)Cc1c([nH]c(=O)[nH]c1=O)O2. The van der Waals surface area contributed by atoms with Gasteiger partial charge in [0.25, 0.3) is 11.5 Å². The molecule has 0 atom stereocenters. The highest BCUT2D eigenvalue weighted by Crippen LogP contribution is 2.33. The Balaban J connectivity index is 1.96. The minimum Gasteiger partial charge on any atom is -0.440 e. The minimum atomic E-state index is -0.613. The number of fused-ring (bicyclic) bond motifs is 2. The molecule has 1 amide bonds. The Morgan fingerprint density at radius 1 is 1.22 bits per heavy atom. The van der Waals surface area contributed by atoms with Crippen LogP contribution in [0.1, 0.15) is 42.3 Å². The minimum absolute atomic E-state index is 0.151. The third-order valence-electron chi connectivity index (χ3n) is 3.39. The average molecular weight is 315 g/mol. The van der Waals surface area contributed by atoms with Crippen LogP contribution in [0.5, 0.6) is 11.6 Å². The maximum atomic E-state index is 12.2. The third kappa shape index (κ3) is 3.03. The molecule has 1 aromatic carbocycles. The van der Waals surface area contributed by atoms with Crippen LogP contribution in [0.15, 0.2) is 27.8 Å². The number of carbonyl (C=O) groups is 1. The van der Waals surface area contributed by atoms with Crippen LogP contribution >= 0.6 is 0 Å². The normalized spacial score (nSPS) is 12.8. The van der Waals surface area contributed by atoms with Gasteiger partial charge in [-0.2, -0.15) is 0 Å². The molecule has 1 aliphatic heterocycles. The zero-order valence-corrected chi connectivity index (χ0v) is 13.1. The summed E-state index contributed by atoms with van der Waals surface area (Å²) in [6, 6.07) is 5.01. The Kier molecular flexibility index (Phi) is 3.35. The van der Waals surface area contributed by atoms with Crippen molar-refractivity contribution in [3.63, 3.8) is 0 Å². The van der Waals surface area contributed by atoms with E-state index >= 15 is 0 Å². The van der Waals surface area contributed by atoms with Crippen molar-refractivity contribution in [2.45, 2.75) is 32.7 Å². The van der Waals surface area contributed by atoms with Crippen LogP contribution in [0, 0.1) is 0 Å². The van der Waals surface area contributed by atoms with E-state index in [1.165, 1.54) is 0 Å². The first-order valence-corrected chi connectivity index (χ1v) is 7.22. The van der Waals surface area contributed by atoms with E-state index in [-0.39, 0.29) is 23.7 Å². The number of ether oxygens (including phenoxy) is 1. The third-order valence-corrected chi connectivity index (χ3v) is 3.39. The number of hydrogen-bond acceptors (Lipinski definition) is 4. The molecule has 0 unspecified atom stereocenters. The molecule has 7 heteroatoms. The molecule has 2 aromatic rings. The van der Waals surface area contributed by atoms with E-state index in [2.05, 4.69) is 15.3 Å². The van der Waals surface area contributed by atoms with E-state index in [9.17, 15) is 14.4 Å². The van der Waals surface area contributed by atoms with E-state index in [4.69, 9.17) is 4.74 Å². The summed E-state index contributed by atoms with van der Waals surface area (Å²) in [4.78, 5) is 40.0. The molecule has 0 aliphatic carbocycles. The first-order valence-electron chi connectivity index (χ1n) is 7.22. The van der Waals surface area contributed by atoms with Gasteiger partial charge < -0.3 is 10.1 Å². The first-order chi connectivity index (χ1) is 10.7. The Bertz CT molecular complexity index is 903. The van der Waals surface area contributed by atoms with Gasteiger partial charge >= 0.3 is 5.69 Å². The standard InChI is InChI=1S/C16H17N3O4/c1-16(2,3)19-12(20)8-4-5-11-9(6-8)7-10-13(21)17-15(22)18-14(10)23-11/h4-6H,7H2,1-3H3,(H,19,20)(H2,17,18,21,22). The number of aromatic amines is 2. The average Bonchev–Trinajstić information content (AvgIpc) is 2.43. The topological polar surface area (TPSA) is 104 Å². The second kappa shape index (κ2) is 5.12. The van der Waals surface area contributed by atoms with E-state index in [1.807, 2.05) is 20.8 Å². The number of H-pyrrole nitrogens is 2. The maximum Gasteiger partial charge on any atom is 0.328 e. The molecule has 1 aromatic heterocycles. The Labute approximate surface area is 131 Å². The highest BCUT2D eigenvalue weighted by molar-refractivity contribution is 5.95. The number of amides is 1. The van der Waals surface area contributed by atoms with Crippen molar-refractivity contribution in [2.75, 3.05) is 0 Å². The van der Waals surface area contributed by atoms with Crippen molar-refractivity contribution in [1.29, 1.82) is 0 Å². The predicted octanol–water partition coefficient (Wildman–Crippen LogP) is 1.29. The van der Waals surface area contributed by atoms with Crippen molar-refractivity contribution in [1.82, 2.24) is 15.3 Å². The lowest BCUT2D eigenvalue weighted by atomic mass is 10.00. The fourth-order valence-electron chi connectivity index (χ4n) is 2.41. The molecule has 0 fully saturated rings. The number of hydrogen-bond donors (Lipinski definition) is 3. The van der Waals surface area contributed by atoms with Gasteiger partial charge in [0.2, 0.25) is 5.88 Å². The summed E-state index contributed by atoms with van der Waals surface area (Å²) in [6.45, 7) is 5.70. The summed E-state index contributed by atoms with van der Waals surface area (Å²) in [7, 11) is 0. The Hall–Kier alpha value is -2.83. The fraction of sp³-hybridized carbons (Fsp3) is 0.312. The number of benzene rings is 1. The molecule has 23 heavy (non-hydrogen) atoms. The molecule has 0 spiro atoms. The molecule has 1 aliphatic rings. The van der Waals surface area contributed by atoms with E-state index < -0.39 is 11.2 Å². The van der Waals surface area contributed by atoms with Gasteiger partial charge in [0.1, 0.15) is 5.75 Å². The van der Waals surface area contributed by atoms with Crippen molar-refractivity contribution in [2.24, 2.45) is 0 Å². The van der Waals surface area contributed by atoms with Gasteiger partial charge in [-0.25, -0.2) is 4.79 Å². The van der Waals surface area contributed by atoms with Crippen LogP contribution in [0.2, 0.25) is 0 Å². The number of carbonyl (C=O) groups excluding carboxylic acids is 1. The molecule has 3 rings (SSSR count). The van der Waals surface area contributed by atoms with Crippen molar-refractivity contribution >= 4 is 5.91 Å². The quantitative estimate of drug-likeness (QED) is 0.629. The molecular weight excluding hydrogens is 298 g/mol. The molecule has 2 heterocycles. The van der Waals surface area contributed by atoms with Gasteiger partial charge in [-0.3, -0.25) is 19.6 Å². The summed E-state index contributed by atoms with van der Waals surface area (Å²) >= 11 is 0. The molecule has 0 saturated heterocycles. The van der Waals surface area contributed by atoms with Crippen LogP contribution in [0.25, 0.3) is 0 Å². The number of rotatable bonds is 1. The van der Waals surface area contributed by atoms with Crippen LogP contribution in [-0.4, -0.2) is 21.4 Å². The molecule has 120 valence electrons. The molecule has 0 bridgehead atoms. The largest absolute Gasteiger partial charge is 0.440 e. The van der Waals surface area contributed by atoms with Gasteiger partial charge in [-0.1, -0.05) is 0 Å². The van der Waals surface area contributed by atoms with Crippen LogP contribution in [0.3, 0.4) is 0 Å². The molecule has 0 saturated carbocycles. The summed E-state index contributed by atoms with van der Waals surface area (Å²) < 4.78 is 5.57. The van der Waals surface area contributed by atoms with Gasteiger partial charge in [0.05, 0.1) is 5.56 Å². The van der Waals surface area contributed by atoms with Crippen molar-refractivity contribution < 1.29 is 9.53 Å².